The molecule has 2 aromatic carbocycles. The van der Waals surface area contributed by atoms with Gasteiger partial charge in [0.2, 0.25) is 5.91 Å². The third-order valence-electron chi connectivity index (χ3n) is 5.97. The molecule has 1 atom stereocenters. The van der Waals surface area contributed by atoms with Gasteiger partial charge in [0, 0.05) is 22.3 Å². The molecule has 1 aromatic heterocycles. The Balaban J connectivity index is 1.89. The van der Waals surface area contributed by atoms with Gasteiger partial charge in [0.05, 0.1) is 20.5 Å². The monoisotopic (exact) mass is 482 g/mol. The summed E-state index contributed by atoms with van der Waals surface area (Å²) in [6, 6.07) is 14.3. The molecule has 7 nitrogen and oxygen atoms in total. The van der Waals surface area contributed by atoms with Crippen LogP contribution in [0.4, 0.5) is 5.69 Å². The second-order valence-electron chi connectivity index (χ2n) is 8.11. The molecule has 0 spiro atoms. The summed E-state index contributed by atoms with van der Waals surface area (Å²) in [5.41, 5.74) is 0.933. The number of amides is 2. The van der Waals surface area contributed by atoms with E-state index in [4.69, 9.17) is 25.5 Å². The van der Waals surface area contributed by atoms with Crippen LogP contribution in [0.2, 0.25) is 5.02 Å². The molecule has 4 rings (SSSR count). The van der Waals surface area contributed by atoms with Gasteiger partial charge in [-0.15, -0.1) is 0 Å². The molecule has 0 saturated heterocycles. The normalized spacial score (nSPS) is 14.4. The van der Waals surface area contributed by atoms with Crippen LogP contribution in [0.5, 0.6) is 11.5 Å². The number of hydrogen-bond acceptors (Lipinski definition) is 5. The highest BCUT2D eigenvalue weighted by Crippen LogP contribution is 2.40. The standard InChI is InChI=1S/C26H27ClN2O5/c1-32-21-13-6-12-20(24(21)33-2)23(25(30)28-18-9-3-4-10-18)29(19-11-5-8-17(27)16-19)26(31)22-14-7-15-34-22/h5-8,11-16,18,23H,3-4,9-10H2,1-2H3,(H,28,30)/t23-/m1/s1. The fourth-order valence-electron chi connectivity index (χ4n) is 4.40. The number of benzene rings is 2. The van der Waals surface area contributed by atoms with E-state index in [-0.39, 0.29) is 17.7 Å². The fourth-order valence-corrected chi connectivity index (χ4v) is 4.59. The van der Waals surface area contributed by atoms with E-state index < -0.39 is 11.9 Å². The summed E-state index contributed by atoms with van der Waals surface area (Å²) in [6.07, 6.45) is 5.33. The van der Waals surface area contributed by atoms with E-state index >= 15 is 0 Å². The van der Waals surface area contributed by atoms with E-state index in [9.17, 15) is 9.59 Å². The number of hydrogen-bond donors (Lipinski definition) is 1. The Morgan fingerprint density at radius 3 is 2.47 bits per heavy atom. The van der Waals surface area contributed by atoms with Gasteiger partial charge in [0.1, 0.15) is 6.04 Å². The number of nitrogens with one attached hydrogen (secondary N) is 1. The van der Waals surface area contributed by atoms with Crippen molar-refractivity contribution in [1.82, 2.24) is 5.32 Å². The average Bonchev–Trinajstić information content (AvgIpc) is 3.56. The molecule has 1 heterocycles. The third kappa shape index (κ3) is 4.89. The number of halogens is 1. The zero-order valence-electron chi connectivity index (χ0n) is 19.1. The van der Waals surface area contributed by atoms with Gasteiger partial charge in [0.25, 0.3) is 5.91 Å². The van der Waals surface area contributed by atoms with Gasteiger partial charge in [0.15, 0.2) is 17.3 Å². The molecule has 1 saturated carbocycles. The molecule has 2 amide bonds. The SMILES string of the molecule is COc1cccc([C@H](C(=O)NC2CCCC2)N(C(=O)c2ccco2)c2cccc(Cl)c2)c1OC. The van der Waals surface area contributed by atoms with E-state index in [1.165, 1.54) is 25.4 Å². The van der Waals surface area contributed by atoms with E-state index in [1.807, 2.05) is 0 Å². The van der Waals surface area contributed by atoms with Gasteiger partial charge >= 0.3 is 0 Å². The lowest BCUT2D eigenvalue weighted by atomic mass is 10.00. The Hall–Kier alpha value is -3.45. The number of nitrogens with zero attached hydrogens (tertiary/aromatic N) is 1. The lowest BCUT2D eigenvalue weighted by Crippen LogP contribution is -2.46. The van der Waals surface area contributed by atoms with E-state index in [0.717, 1.165) is 25.7 Å². The summed E-state index contributed by atoms with van der Waals surface area (Å²) in [6.45, 7) is 0. The van der Waals surface area contributed by atoms with Gasteiger partial charge in [-0.1, -0.05) is 42.6 Å². The molecule has 0 radical (unpaired) electrons. The topological polar surface area (TPSA) is 81.0 Å². The van der Waals surface area contributed by atoms with Crippen LogP contribution in [0.25, 0.3) is 0 Å². The molecule has 1 aliphatic carbocycles. The quantitative estimate of drug-likeness (QED) is 0.465. The van der Waals surface area contributed by atoms with Crippen molar-refractivity contribution in [2.24, 2.45) is 0 Å². The van der Waals surface area contributed by atoms with Crippen molar-refractivity contribution in [3.8, 4) is 11.5 Å². The van der Waals surface area contributed by atoms with Crippen LogP contribution in [0, 0.1) is 0 Å². The summed E-state index contributed by atoms with van der Waals surface area (Å²) in [5, 5.41) is 3.57. The molecule has 1 fully saturated rings. The molecule has 34 heavy (non-hydrogen) atoms. The molecular weight excluding hydrogens is 456 g/mol. The van der Waals surface area contributed by atoms with Crippen LogP contribution < -0.4 is 19.7 Å². The number of carbonyl (C=O) groups excluding carboxylic acids is 2. The highest BCUT2D eigenvalue weighted by molar-refractivity contribution is 6.31. The van der Waals surface area contributed by atoms with Crippen LogP contribution >= 0.6 is 11.6 Å². The number of methoxy groups -OCH3 is 2. The van der Waals surface area contributed by atoms with Gasteiger partial charge in [-0.2, -0.15) is 0 Å². The maximum absolute atomic E-state index is 13.9. The van der Waals surface area contributed by atoms with Crippen molar-refractivity contribution in [3.63, 3.8) is 0 Å². The lowest BCUT2D eigenvalue weighted by Gasteiger charge is -2.32. The molecule has 0 aliphatic heterocycles. The van der Waals surface area contributed by atoms with Crippen molar-refractivity contribution in [1.29, 1.82) is 0 Å². The van der Waals surface area contributed by atoms with Crippen molar-refractivity contribution in [3.05, 3.63) is 77.2 Å². The number of anilines is 1. The first-order valence-electron chi connectivity index (χ1n) is 11.2. The molecule has 3 aromatic rings. The molecule has 0 bridgehead atoms. The maximum atomic E-state index is 13.9. The van der Waals surface area contributed by atoms with E-state index in [1.54, 1.807) is 54.6 Å². The molecule has 0 unspecified atom stereocenters. The summed E-state index contributed by atoms with van der Waals surface area (Å²) in [4.78, 5) is 29.0. The van der Waals surface area contributed by atoms with Crippen molar-refractivity contribution >= 4 is 29.1 Å². The number of ether oxygens (including phenoxy) is 2. The largest absolute Gasteiger partial charge is 0.493 e. The number of para-hydroxylation sites is 1. The highest BCUT2D eigenvalue weighted by Gasteiger charge is 2.38. The van der Waals surface area contributed by atoms with E-state index in [0.29, 0.717) is 27.8 Å². The van der Waals surface area contributed by atoms with Crippen LogP contribution in [0.1, 0.15) is 47.8 Å². The number of rotatable bonds is 8. The average molecular weight is 483 g/mol. The van der Waals surface area contributed by atoms with Crippen LogP contribution in [0.3, 0.4) is 0 Å². The van der Waals surface area contributed by atoms with Gasteiger partial charge < -0.3 is 19.2 Å². The van der Waals surface area contributed by atoms with Crippen molar-refractivity contribution in [2.75, 3.05) is 19.1 Å². The Morgan fingerprint density at radius 2 is 1.82 bits per heavy atom. The van der Waals surface area contributed by atoms with Crippen LogP contribution in [0.15, 0.2) is 65.3 Å². The maximum Gasteiger partial charge on any atom is 0.294 e. The van der Waals surface area contributed by atoms with E-state index in [2.05, 4.69) is 5.32 Å². The zero-order valence-corrected chi connectivity index (χ0v) is 19.9. The summed E-state index contributed by atoms with van der Waals surface area (Å²) in [5.74, 6) is 0.119. The van der Waals surface area contributed by atoms with Gasteiger partial charge in [-0.05, 0) is 49.2 Å². The minimum absolute atomic E-state index is 0.0477. The second-order valence-corrected chi connectivity index (χ2v) is 8.54. The summed E-state index contributed by atoms with van der Waals surface area (Å²) in [7, 11) is 3.03. The Morgan fingerprint density at radius 1 is 1.06 bits per heavy atom. The number of furan rings is 1. The summed E-state index contributed by atoms with van der Waals surface area (Å²) >= 11 is 6.29. The second kappa shape index (κ2) is 10.7. The van der Waals surface area contributed by atoms with Gasteiger partial charge in [-0.3, -0.25) is 14.5 Å². The fraction of sp³-hybridized carbons (Fsp3) is 0.308. The molecule has 1 aliphatic rings. The lowest BCUT2D eigenvalue weighted by molar-refractivity contribution is -0.123. The van der Waals surface area contributed by atoms with Crippen LogP contribution in [-0.2, 0) is 4.79 Å². The summed E-state index contributed by atoms with van der Waals surface area (Å²) < 4.78 is 16.6. The molecular formula is C26H27ClN2O5. The Kier molecular flexibility index (Phi) is 7.43. The molecule has 8 heteroatoms. The number of carbonyl (C=O) groups is 2. The predicted octanol–water partition coefficient (Wildman–Crippen LogP) is 5.40. The first-order valence-corrected chi connectivity index (χ1v) is 11.5. The van der Waals surface area contributed by atoms with Crippen molar-refractivity contribution in [2.45, 2.75) is 37.8 Å². The van der Waals surface area contributed by atoms with Gasteiger partial charge in [-0.25, -0.2) is 0 Å². The smallest absolute Gasteiger partial charge is 0.294 e. The zero-order chi connectivity index (χ0) is 24.1. The first-order chi connectivity index (χ1) is 16.5. The molecule has 178 valence electrons. The Bertz CT molecular complexity index is 1140. The first kappa shape index (κ1) is 23.7. The Labute approximate surface area is 203 Å². The predicted molar refractivity (Wildman–Crippen MR) is 130 cm³/mol. The minimum atomic E-state index is -1.07. The minimum Gasteiger partial charge on any atom is -0.493 e. The molecule has 1 N–H and O–H groups in total. The van der Waals surface area contributed by atoms with Crippen molar-refractivity contribution < 1.29 is 23.5 Å². The third-order valence-corrected chi connectivity index (χ3v) is 6.21. The van der Waals surface area contributed by atoms with Crippen LogP contribution in [-0.4, -0.2) is 32.1 Å². The highest BCUT2D eigenvalue weighted by atomic mass is 35.5.